The number of aryl methyl sites for hydroxylation is 1. The maximum atomic E-state index is 13.9. The number of nitrogens with zero attached hydrogens (tertiary/aromatic N) is 5. The van der Waals surface area contributed by atoms with Crippen LogP contribution in [0.25, 0.3) is 33.6 Å². The van der Waals surface area contributed by atoms with Crippen LogP contribution in [0.3, 0.4) is 0 Å². The summed E-state index contributed by atoms with van der Waals surface area (Å²) in [6, 6.07) is 9.42. The highest BCUT2D eigenvalue weighted by Crippen LogP contribution is 2.43. The molecule has 2 amide bonds. The third-order valence-electron chi connectivity index (χ3n) is 11.0. The number of carbonyl (C=O) groups is 2. The minimum atomic E-state index is -2.75. The van der Waals surface area contributed by atoms with E-state index in [1.54, 1.807) is 7.11 Å². The van der Waals surface area contributed by atoms with Crippen LogP contribution >= 0.6 is 0 Å². The van der Waals surface area contributed by atoms with E-state index in [0.29, 0.717) is 40.9 Å². The molecule has 4 heterocycles. The molecule has 4 atom stereocenters. The number of rotatable bonds is 8. The highest BCUT2D eigenvalue weighted by atomic mass is 19.3. The molecule has 0 spiro atoms. The number of amides is 2. The van der Waals surface area contributed by atoms with E-state index in [4.69, 9.17) is 20.4 Å². The van der Waals surface area contributed by atoms with Crippen molar-refractivity contribution in [3.8, 4) is 17.3 Å². The van der Waals surface area contributed by atoms with Gasteiger partial charge < -0.3 is 29.8 Å². The molecule has 3 saturated carbocycles. The first-order valence-electron chi connectivity index (χ1n) is 16.8. The summed E-state index contributed by atoms with van der Waals surface area (Å²) in [7, 11) is 3.57. The van der Waals surface area contributed by atoms with Gasteiger partial charge in [0.2, 0.25) is 11.8 Å². The van der Waals surface area contributed by atoms with Crippen LogP contribution in [0.15, 0.2) is 30.3 Å². The number of hydrogen-bond donors (Lipinski definition) is 2. The van der Waals surface area contributed by atoms with Crippen molar-refractivity contribution in [3.05, 3.63) is 41.6 Å². The number of alkyl halides is 2. The standard InChI is InChI=1S/C35H41F2N7O3/c1-18(39-33(45)23-14-35(36,37)15-23)26-9-7-21-12-28(44(31(21)40-26)16-19-4-5-19)32-41-27-11-22(13-29(47-3)30(27)42(32)2)34(46)43-17-25(38)20-6-8-24(43)10-20/h7,9,11-13,18-20,23-25H,4-6,8,10,14-17,38H2,1-3H3,(H,39,45)/t18-,20-,24+,25+/m1/s1. The SMILES string of the molecule is COc1cc(C(=O)N2C[C@H](N)[C@@H]3CC[C@H]2C3)cc2nc(-c3cc4ccc([C@@H](C)NC(=O)C5CC(F)(F)C5)nc4n3CC3CC3)n(C)c12. The molecular weight excluding hydrogens is 604 g/mol. The second-order valence-corrected chi connectivity index (χ2v) is 14.3. The molecule has 0 unspecified atom stereocenters. The van der Waals surface area contributed by atoms with E-state index in [1.807, 2.05) is 47.7 Å². The van der Waals surface area contributed by atoms with Crippen LogP contribution in [0.2, 0.25) is 0 Å². The lowest BCUT2D eigenvalue weighted by atomic mass is 9.80. The Morgan fingerprint density at radius 3 is 2.64 bits per heavy atom. The molecule has 3 N–H and O–H groups in total. The molecule has 0 radical (unpaired) electrons. The van der Waals surface area contributed by atoms with Gasteiger partial charge in [-0.1, -0.05) is 0 Å². The van der Waals surface area contributed by atoms with Crippen molar-refractivity contribution in [1.82, 2.24) is 29.3 Å². The summed E-state index contributed by atoms with van der Waals surface area (Å²) in [4.78, 5) is 38.5. The fourth-order valence-corrected chi connectivity index (χ4v) is 7.99. The fraction of sp³-hybridized carbons (Fsp3) is 0.543. The molecular formula is C35H41F2N7O3. The monoisotopic (exact) mass is 645 g/mol. The Labute approximate surface area is 271 Å². The van der Waals surface area contributed by atoms with Crippen molar-refractivity contribution in [2.24, 2.45) is 30.5 Å². The number of carbonyl (C=O) groups excluding carboxylic acids is 2. The van der Waals surface area contributed by atoms with Crippen molar-refractivity contribution < 1.29 is 23.1 Å². The first-order valence-corrected chi connectivity index (χ1v) is 16.8. The van der Waals surface area contributed by atoms with Crippen molar-refractivity contribution in [3.63, 3.8) is 0 Å². The normalized spacial score (nSPS) is 24.5. The van der Waals surface area contributed by atoms with E-state index in [-0.39, 0.29) is 23.9 Å². The quantitative estimate of drug-likeness (QED) is 0.273. The van der Waals surface area contributed by atoms with Gasteiger partial charge in [0.05, 0.1) is 30.1 Å². The summed E-state index contributed by atoms with van der Waals surface area (Å²) < 4.78 is 36.8. The van der Waals surface area contributed by atoms with Crippen molar-refractivity contribution in [1.29, 1.82) is 0 Å². The third kappa shape index (κ3) is 5.25. The Bertz CT molecular complexity index is 1910. The number of fused-ring (bicyclic) bond motifs is 4. The van der Waals surface area contributed by atoms with Crippen LogP contribution in [0, 0.1) is 17.8 Å². The van der Waals surface area contributed by atoms with Gasteiger partial charge >= 0.3 is 0 Å². The van der Waals surface area contributed by atoms with Gasteiger partial charge in [0.15, 0.2) is 5.82 Å². The van der Waals surface area contributed by atoms with Crippen LogP contribution in [0.4, 0.5) is 8.78 Å². The van der Waals surface area contributed by atoms with Gasteiger partial charge in [-0.15, -0.1) is 0 Å². The van der Waals surface area contributed by atoms with Gasteiger partial charge in [-0.2, -0.15) is 0 Å². The lowest BCUT2D eigenvalue weighted by Gasteiger charge is -2.37. The van der Waals surface area contributed by atoms with Crippen LogP contribution in [0.1, 0.15) is 74.0 Å². The average Bonchev–Trinajstić information content (AvgIpc) is 3.50. The Balaban J connectivity index is 1.15. The summed E-state index contributed by atoms with van der Waals surface area (Å²) in [6.07, 6.45) is 4.49. The number of benzene rings is 1. The van der Waals surface area contributed by atoms with Crippen LogP contribution < -0.4 is 15.8 Å². The van der Waals surface area contributed by atoms with E-state index in [9.17, 15) is 18.4 Å². The summed E-state index contributed by atoms with van der Waals surface area (Å²) >= 11 is 0. The molecule has 2 bridgehead atoms. The average molecular weight is 646 g/mol. The topological polar surface area (TPSA) is 120 Å². The summed E-state index contributed by atoms with van der Waals surface area (Å²) in [5.41, 5.74) is 10.8. The summed E-state index contributed by atoms with van der Waals surface area (Å²) in [5, 5.41) is 3.83. The number of methoxy groups -OCH3 is 1. The van der Waals surface area contributed by atoms with Crippen LogP contribution in [-0.2, 0) is 18.4 Å². The Hall–Kier alpha value is -4.06. The summed E-state index contributed by atoms with van der Waals surface area (Å²) in [6.45, 7) is 3.17. The van der Waals surface area contributed by atoms with Gasteiger partial charge in [0, 0.05) is 61.9 Å². The van der Waals surface area contributed by atoms with Crippen LogP contribution in [-0.4, -0.2) is 67.5 Å². The van der Waals surface area contributed by atoms with Gasteiger partial charge in [-0.05, 0) is 81.2 Å². The van der Waals surface area contributed by atoms with Gasteiger partial charge in [0.25, 0.3) is 5.91 Å². The van der Waals surface area contributed by atoms with Crippen LogP contribution in [0.5, 0.6) is 5.75 Å². The Kier molecular flexibility index (Phi) is 7.09. The molecule has 10 nitrogen and oxygen atoms in total. The molecule has 1 aliphatic heterocycles. The van der Waals surface area contributed by atoms with Gasteiger partial charge in [-0.3, -0.25) is 9.59 Å². The lowest BCUT2D eigenvalue weighted by Crippen LogP contribution is -2.51. The molecule has 3 aliphatic carbocycles. The fourth-order valence-electron chi connectivity index (χ4n) is 7.99. The predicted molar refractivity (Wildman–Crippen MR) is 173 cm³/mol. The van der Waals surface area contributed by atoms with Gasteiger partial charge in [-0.25, -0.2) is 18.7 Å². The Morgan fingerprint density at radius 2 is 1.91 bits per heavy atom. The number of hydrogen-bond acceptors (Lipinski definition) is 6. The van der Waals surface area contributed by atoms with E-state index < -0.39 is 30.7 Å². The van der Waals surface area contributed by atoms with E-state index >= 15 is 0 Å². The number of imidazole rings is 1. The molecule has 47 heavy (non-hydrogen) atoms. The number of ether oxygens (including phenoxy) is 1. The van der Waals surface area contributed by atoms with Crippen molar-refractivity contribution >= 4 is 33.9 Å². The maximum absolute atomic E-state index is 13.9. The highest BCUT2D eigenvalue weighted by molar-refractivity contribution is 6.00. The van der Waals surface area contributed by atoms with E-state index in [0.717, 1.165) is 66.7 Å². The second kappa shape index (κ2) is 11.0. The number of nitrogens with two attached hydrogens (primary N) is 1. The summed E-state index contributed by atoms with van der Waals surface area (Å²) in [5.74, 6) is -1.47. The number of halogens is 2. The molecule has 4 aliphatic rings. The molecule has 3 aromatic heterocycles. The molecule has 1 saturated heterocycles. The molecule has 4 fully saturated rings. The van der Waals surface area contributed by atoms with Crippen molar-refractivity contribution in [2.45, 2.75) is 82.5 Å². The van der Waals surface area contributed by atoms with Crippen molar-refractivity contribution in [2.75, 3.05) is 13.7 Å². The second-order valence-electron chi connectivity index (χ2n) is 14.3. The minimum Gasteiger partial charge on any atom is -0.494 e. The molecule has 8 rings (SSSR count). The zero-order chi connectivity index (χ0) is 32.8. The smallest absolute Gasteiger partial charge is 0.254 e. The molecule has 12 heteroatoms. The predicted octanol–water partition coefficient (Wildman–Crippen LogP) is 5.18. The lowest BCUT2D eigenvalue weighted by molar-refractivity contribution is -0.150. The highest BCUT2D eigenvalue weighted by Gasteiger charge is 2.49. The first-order chi connectivity index (χ1) is 22.5. The van der Waals surface area contributed by atoms with E-state index in [1.165, 1.54) is 0 Å². The molecule has 1 aromatic carbocycles. The zero-order valence-corrected chi connectivity index (χ0v) is 27.0. The Morgan fingerprint density at radius 1 is 1.13 bits per heavy atom. The molecule has 4 aromatic rings. The first kappa shape index (κ1) is 30.3. The number of likely N-dealkylation sites (tertiary alicyclic amines) is 1. The number of pyridine rings is 1. The zero-order valence-electron chi connectivity index (χ0n) is 27.0. The largest absolute Gasteiger partial charge is 0.494 e. The van der Waals surface area contributed by atoms with E-state index in [2.05, 4.69) is 16.0 Å². The minimum absolute atomic E-state index is 0.00215. The van der Waals surface area contributed by atoms with Gasteiger partial charge in [0.1, 0.15) is 16.9 Å². The number of aromatic nitrogens is 4. The molecule has 248 valence electrons. The maximum Gasteiger partial charge on any atom is 0.254 e. The third-order valence-corrected chi connectivity index (χ3v) is 11.0. The number of nitrogens with one attached hydrogen (secondary N) is 1. The number of piperidine rings is 1.